The maximum Gasteiger partial charge on any atom is 0.193 e. The lowest BCUT2D eigenvalue weighted by Gasteiger charge is -2.10. The second kappa shape index (κ2) is 8.82. The molecule has 0 saturated heterocycles. The fourth-order valence-corrected chi connectivity index (χ4v) is 2.18. The molecule has 0 atom stereocenters. The van der Waals surface area contributed by atoms with Crippen LogP contribution in [0, 0.1) is 0 Å². The van der Waals surface area contributed by atoms with E-state index in [9.17, 15) is 0 Å². The molecule has 0 spiro atoms. The highest BCUT2D eigenvalue weighted by Gasteiger charge is 2.01. The van der Waals surface area contributed by atoms with E-state index in [1.807, 2.05) is 36.4 Å². The van der Waals surface area contributed by atoms with Crippen molar-refractivity contribution < 1.29 is 9.47 Å². The first-order valence-corrected chi connectivity index (χ1v) is 8.02. The molecule has 2 rings (SSSR count). The van der Waals surface area contributed by atoms with E-state index in [-0.39, 0.29) is 0 Å². The zero-order valence-corrected chi connectivity index (χ0v) is 14.5. The molecule has 128 valence electrons. The molecule has 0 amide bonds. The summed E-state index contributed by atoms with van der Waals surface area (Å²) in [6.45, 7) is 5.24. The van der Waals surface area contributed by atoms with Crippen molar-refractivity contribution in [2.75, 3.05) is 25.6 Å². The van der Waals surface area contributed by atoms with Crippen LogP contribution in [-0.4, -0.2) is 26.2 Å². The fourth-order valence-electron chi connectivity index (χ4n) is 2.18. The molecule has 0 bridgehead atoms. The summed E-state index contributed by atoms with van der Waals surface area (Å²) in [6.07, 6.45) is 0. The summed E-state index contributed by atoms with van der Waals surface area (Å²) < 4.78 is 10.8. The average Bonchev–Trinajstić information content (AvgIpc) is 2.59. The summed E-state index contributed by atoms with van der Waals surface area (Å²) >= 11 is 0. The van der Waals surface area contributed by atoms with Crippen LogP contribution in [0.4, 0.5) is 5.69 Å². The van der Waals surface area contributed by atoms with Gasteiger partial charge in [0.05, 0.1) is 13.7 Å². The zero-order valence-electron chi connectivity index (χ0n) is 14.5. The van der Waals surface area contributed by atoms with Gasteiger partial charge in [-0.2, -0.15) is 0 Å². The summed E-state index contributed by atoms with van der Waals surface area (Å²) in [7, 11) is 1.63. The second-order valence-electron chi connectivity index (χ2n) is 5.70. The number of hydrogen-bond donors (Lipinski definition) is 2. The molecule has 2 aromatic carbocycles. The Morgan fingerprint density at radius 2 is 1.88 bits per heavy atom. The summed E-state index contributed by atoms with van der Waals surface area (Å²) in [5.74, 6) is 2.37. The van der Waals surface area contributed by atoms with E-state index in [4.69, 9.17) is 15.2 Å². The van der Waals surface area contributed by atoms with Gasteiger partial charge in [-0.25, -0.2) is 4.99 Å². The first kappa shape index (κ1) is 17.7. The number of ether oxygens (including phenoxy) is 2. The minimum absolute atomic E-state index is 0.380. The van der Waals surface area contributed by atoms with E-state index in [0.29, 0.717) is 25.0 Å². The molecule has 5 heteroatoms. The number of nitrogens with two attached hydrogens (primary N) is 1. The number of benzene rings is 2. The Hall–Kier alpha value is -2.69. The molecule has 0 aliphatic heterocycles. The molecule has 0 aliphatic carbocycles. The van der Waals surface area contributed by atoms with E-state index < -0.39 is 0 Å². The summed E-state index contributed by atoms with van der Waals surface area (Å²) in [5.41, 5.74) is 8.12. The molecule has 0 heterocycles. The van der Waals surface area contributed by atoms with Gasteiger partial charge in [0.25, 0.3) is 0 Å². The summed E-state index contributed by atoms with van der Waals surface area (Å²) in [6, 6.07) is 15.6. The van der Waals surface area contributed by atoms with Crippen molar-refractivity contribution in [1.29, 1.82) is 0 Å². The Balaban J connectivity index is 1.82. The maximum atomic E-state index is 5.92. The van der Waals surface area contributed by atoms with Gasteiger partial charge in [0.15, 0.2) is 5.96 Å². The van der Waals surface area contributed by atoms with Crippen molar-refractivity contribution in [2.24, 2.45) is 10.7 Å². The highest BCUT2D eigenvalue weighted by molar-refractivity contribution is 5.92. The minimum atomic E-state index is 0.380. The van der Waals surface area contributed by atoms with Crippen LogP contribution >= 0.6 is 0 Å². The zero-order chi connectivity index (χ0) is 17.4. The molecule has 3 N–H and O–H groups in total. The third-order valence-electron chi connectivity index (χ3n) is 3.51. The normalized spacial score (nSPS) is 11.4. The highest BCUT2D eigenvalue weighted by atomic mass is 16.5. The molecule has 24 heavy (non-hydrogen) atoms. The largest absolute Gasteiger partial charge is 0.497 e. The van der Waals surface area contributed by atoms with Crippen LogP contribution in [0.1, 0.15) is 25.3 Å². The van der Waals surface area contributed by atoms with Crippen molar-refractivity contribution in [1.82, 2.24) is 0 Å². The Morgan fingerprint density at radius 3 is 2.62 bits per heavy atom. The minimum Gasteiger partial charge on any atom is -0.497 e. The molecule has 0 fully saturated rings. The highest BCUT2D eigenvalue weighted by Crippen LogP contribution is 2.19. The monoisotopic (exact) mass is 327 g/mol. The van der Waals surface area contributed by atoms with Crippen molar-refractivity contribution in [3.05, 3.63) is 54.1 Å². The standard InChI is InChI=1S/C19H25N3O2/c1-14(2)15-6-4-7-16(12-15)22-19(20)21-10-11-24-18-9-5-8-17(13-18)23-3/h4-9,12-14H,10-11H2,1-3H3,(H3,20,21,22). The topological polar surface area (TPSA) is 68.9 Å². The van der Waals surface area contributed by atoms with Gasteiger partial charge in [-0.15, -0.1) is 0 Å². The molecule has 0 unspecified atom stereocenters. The van der Waals surface area contributed by atoms with Gasteiger partial charge in [-0.1, -0.05) is 32.0 Å². The number of anilines is 1. The first-order valence-electron chi connectivity index (χ1n) is 8.02. The lowest BCUT2D eigenvalue weighted by atomic mass is 10.0. The van der Waals surface area contributed by atoms with Crippen LogP contribution < -0.4 is 20.5 Å². The van der Waals surface area contributed by atoms with E-state index in [1.54, 1.807) is 7.11 Å². The number of hydrogen-bond acceptors (Lipinski definition) is 3. The van der Waals surface area contributed by atoms with Crippen LogP contribution in [0.5, 0.6) is 11.5 Å². The molecule has 0 saturated carbocycles. The van der Waals surface area contributed by atoms with Gasteiger partial charge in [-0.05, 0) is 35.7 Å². The van der Waals surface area contributed by atoms with Crippen LogP contribution in [-0.2, 0) is 0 Å². The molecule has 0 radical (unpaired) electrons. The quantitative estimate of drug-likeness (QED) is 0.463. The third kappa shape index (κ3) is 5.50. The summed E-state index contributed by atoms with van der Waals surface area (Å²) in [5, 5.41) is 3.11. The number of nitrogens with one attached hydrogen (secondary N) is 1. The second-order valence-corrected chi connectivity index (χ2v) is 5.70. The van der Waals surface area contributed by atoms with Crippen LogP contribution in [0.25, 0.3) is 0 Å². The van der Waals surface area contributed by atoms with Crippen LogP contribution in [0.2, 0.25) is 0 Å². The number of nitrogens with zero attached hydrogens (tertiary/aromatic N) is 1. The lowest BCUT2D eigenvalue weighted by molar-refractivity contribution is 0.325. The molecular formula is C19H25N3O2. The van der Waals surface area contributed by atoms with Crippen molar-refractivity contribution >= 4 is 11.6 Å². The van der Waals surface area contributed by atoms with Crippen LogP contribution in [0.15, 0.2) is 53.5 Å². The smallest absolute Gasteiger partial charge is 0.193 e. The Kier molecular flexibility index (Phi) is 6.49. The molecular weight excluding hydrogens is 302 g/mol. The van der Waals surface area contributed by atoms with E-state index in [2.05, 4.69) is 36.3 Å². The predicted octanol–water partition coefficient (Wildman–Crippen LogP) is 3.62. The van der Waals surface area contributed by atoms with Crippen molar-refractivity contribution in [3.8, 4) is 11.5 Å². The van der Waals surface area contributed by atoms with Gasteiger partial charge >= 0.3 is 0 Å². The number of methoxy groups -OCH3 is 1. The number of guanidine groups is 1. The number of rotatable bonds is 7. The third-order valence-corrected chi connectivity index (χ3v) is 3.51. The van der Waals surface area contributed by atoms with Gasteiger partial charge in [0.2, 0.25) is 0 Å². The Morgan fingerprint density at radius 1 is 1.12 bits per heavy atom. The Labute approximate surface area is 143 Å². The van der Waals surface area contributed by atoms with Gasteiger partial charge in [0, 0.05) is 11.8 Å². The Bertz CT molecular complexity index is 684. The molecule has 2 aromatic rings. The molecule has 0 aliphatic rings. The average molecular weight is 327 g/mol. The van der Waals surface area contributed by atoms with Gasteiger partial charge in [0.1, 0.15) is 18.1 Å². The van der Waals surface area contributed by atoms with E-state index in [1.165, 1.54) is 5.56 Å². The fraction of sp³-hybridized carbons (Fsp3) is 0.316. The lowest BCUT2D eigenvalue weighted by Crippen LogP contribution is -2.23. The predicted molar refractivity (Wildman–Crippen MR) is 99.1 cm³/mol. The summed E-state index contributed by atoms with van der Waals surface area (Å²) in [4.78, 5) is 4.28. The maximum absolute atomic E-state index is 5.92. The molecule has 5 nitrogen and oxygen atoms in total. The van der Waals surface area contributed by atoms with E-state index in [0.717, 1.165) is 17.2 Å². The SMILES string of the molecule is COc1cccc(OCCN=C(N)Nc2cccc(C(C)C)c2)c1. The number of aliphatic imine (C=N–C) groups is 1. The molecule has 0 aromatic heterocycles. The van der Waals surface area contributed by atoms with Crippen molar-refractivity contribution in [3.63, 3.8) is 0 Å². The first-order chi connectivity index (χ1) is 11.6. The van der Waals surface area contributed by atoms with E-state index >= 15 is 0 Å². The van der Waals surface area contributed by atoms with Crippen molar-refractivity contribution in [2.45, 2.75) is 19.8 Å². The van der Waals surface area contributed by atoms with Gasteiger partial charge in [-0.3, -0.25) is 0 Å². The van der Waals surface area contributed by atoms with Crippen LogP contribution in [0.3, 0.4) is 0 Å². The van der Waals surface area contributed by atoms with Gasteiger partial charge < -0.3 is 20.5 Å².